The number of nitrogens with two attached hydrogens (primary N) is 1. The molecule has 0 aliphatic carbocycles. The highest BCUT2D eigenvalue weighted by atomic mass is 35.5. The van der Waals surface area contributed by atoms with Crippen LogP contribution in [0.4, 0.5) is 13.2 Å². The summed E-state index contributed by atoms with van der Waals surface area (Å²) in [4.78, 5) is 4.55. The van der Waals surface area contributed by atoms with Gasteiger partial charge in [0.25, 0.3) is 0 Å². The molecular formula is C21H14Cl3F3N4O. The maximum absolute atomic E-state index is 14.2. The van der Waals surface area contributed by atoms with Gasteiger partial charge in [0.05, 0.1) is 22.5 Å². The van der Waals surface area contributed by atoms with Crippen LogP contribution in [-0.4, -0.2) is 16.0 Å². The third kappa shape index (κ3) is 4.63. The molecule has 1 atom stereocenters. The minimum absolute atomic E-state index is 0.0159. The van der Waals surface area contributed by atoms with E-state index in [1.807, 2.05) is 6.07 Å². The Hall–Kier alpha value is -2.54. The lowest BCUT2D eigenvalue weighted by atomic mass is 9.84. The summed E-state index contributed by atoms with van der Waals surface area (Å²) in [7, 11) is 0. The van der Waals surface area contributed by atoms with E-state index in [0.29, 0.717) is 10.7 Å². The van der Waals surface area contributed by atoms with Gasteiger partial charge in [-0.25, -0.2) is 10.6 Å². The van der Waals surface area contributed by atoms with Crippen molar-refractivity contribution in [2.75, 3.05) is 0 Å². The summed E-state index contributed by atoms with van der Waals surface area (Å²) in [6, 6.07) is 9.87. The van der Waals surface area contributed by atoms with Crippen molar-refractivity contribution in [3.05, 3.63) is 87.1 Å². The Kier molecular flexibility index (Phi) is 6.89. The third-order valence-electron chi connectivity index (χ3n) is 4.77. The third-order valence-corrected chi connectivity index (χ3v) is 5.41. The van der Waals surface area contributed by atoms with E-state index in [0.717, 1.165) is 12.1 Å². The van der Waals surface area contributed by atoms with Gasteiger partial charge >= 0.3 is 6.18 Å². The molecule has 2 aromatic carbocycles. The van der Waals surface area contributed by atoms with Gasteiger partial charge in [-0.05, 0) is 47.0 Å². The van der Waals surface area contributed by atoms with Crippen LogP contribution in [0.5, 0.6) is 0 Å². The number of benzene rings is 2. The van der Waals surface area contributed by atoms with Gasteiger partial charge in [-0.1, -0.05) is 47.4 Å². The quantitative estimate of drug-likeness (QED) is 0.394. The van der Waals surface area contributed by atoms with Gasteiger partial charge in [0.1, 0.15) is 6.07 Å². The molecule has 0 fully saturated rings. The molecule has 1 unspecified atom stereocenters. The van der Waals surface area contributed by atoms with E-state index in [2.05, 4.69) is 16.5 Å². The molecule has 3 aromatic rings. The van der Waals surface area contributed by atoms with E-state index in [1.54, 1.807) is 0 Å². The molecule has 0 spiro atoms. The first kappa shape index (κ1) is 24.1. The van der Waals surface area contributed by atoms with Crippen molar-refractivity contribution >= 4 is 40.4 Å². The first-order chi connectivity index (χ1) is 15.0. The highest BCUT2D eigenvalue weighted by molar-refractivity contribution is 6.34. The molecule has 0 saturated carbocycles. The smallest absolute Gasteiger partial charge is 0.283 e. The van der Waals surface area contributed by atoms with Crippen molar-refractivity contribution in [2.24, 2.45) is 5.90 Å². The van der Waals surface area contributed by atoms with Crippen molar-refractivity contribution in [2.45, 2.75) is 18.2 Å². The van der Waals surface area contributed by atoms with Gasteiger partial charge in [-0.15, -0.1) is 0 Å². The minimum atomic E-state index is -4.94. The summed E-state index contributed by atoms with van der Waals surface area (Å²) in [5.74, 6) is 5.19. The number of alkyl halides is 3. The summed E-state index contributed by atoms with van der Waals surface area (Å²) in [6.07, 6.45) is -2.84. The van der Waals surface area contributed by atoms with E-state index in [4.69, 9.17) is 40.7 Å². The lowest BCUT2D eigenvalue weighted by Gasteiger charge is -2.35. The predicted octanol–water partition coefficient (Wildman–Crippen LogP) is 6.46. The molecule has 0 bridgehead atoms. The van der Waals surface area contributed by atoms with Crippen LogP contribution < -0.4 is 5.90 Å². The zero-order valence-corrected chi connectivity index (χ0v) is 18.4. The topological polar surface area (TPSA) is 76.9 Å². The second kappa shape index (κ2) is 9.14. The van der Waals surface area contributed by atoms with Crippen LogP contribution >= 0.6 is 34.8 Å². The van der Waals surface area contributed by atoms with Gasteiger partial charge in [-0.3, -0.25) is 4.84 Å². The Bertz CT molecular complexity index is 1200. The van der Waals surface area contributed by atoms with E-state index in [1.165, 1.54) is 41.3 Å². The molecule has 32 heavy (non-hydrogen) atoms. The van der Waals surface area contributed by atoms with Crippen molar-refractivity contribution in [3.63, 3.8) is 0 Å². The second-order valence-corrected chi connectivity index (χ2v) is 8.14. The van der Waals surface area contributed by atoms with Crippen molar-refractivity contribution < 1.29 is 18.0 Å². The first-order valence-corrected chi connectivity index (χ1v) is 9.98. The monoisotopic (exact) mass is 500 g/mol. The van der Waals surface area contributed by atoms with Gasteiger partial charge in [0.2, 0.25) is 5.60 Å². The molecule has 0 radical (unpaired) electrons. The molecule has 0 aliphatic heterocycles. The number of hydrogen-bond donors (Lipinski definition) is 1. The Labute approximate surface area is 196 Å². The molecule has 1 heterocycles. The molecule has 0 amide bonds. The summed E-state index contributed by atoms with van der Waals surface area (Å²) < 4.78 is 44.1. The number of nitrogens with zero attached hydrogens (tertiary/aromatic N) is 3. The summed E-state index contributed by atoms with van der Waals surface area (Å²) in [6.45, 7) is 3.77. The van der Waals surface area contributed by atoms with Gasteiger partial charge in [0.15, 0.2) is 0 Å². The Morgan fingerprint density at radius 1 is 1.12 bits per heavy atom. The van der Waals surface area contributed by atoms with Crippen LogP contribution in [-0.2, 0) is 10.4 Å². The number of rotatable bonds is 6. The van der Waals surface area contributed by atoms with Crippen LogP contribution in [0, 0.1) is 11.3 Å². The molecule has 11 heteroatoms. The average Bonchev–Trinajstić information content (AvgIpc) is 3.15. The minimum Gasteiger partial charge on any atom is -0.283 e. The standard InChI is InChI=1S/C21H14Cl3F3N4O/c1-12(13-2-3-19(14(4-13)9-28)31-11-18(24)10-30-31)8-20(32-29,21(25,26)27)15-5-16(22)7-17(23)6-15/h2-7,10-11H,1,8,29H2. The SMILES string of the molecule is C=C(CC(ON)(c1cc(Cl)cc(Cl)c1)C(F)(F)F)c1ccc(-n2cc(Cl)cn2)c(C#N)c1. The lowest BCUT2D eigenvalue weighted by Crippen LogP contribution is -2.47. The molecule has 0 saturated heterocycles. The molecule has 5 nitrogen and oxygen atoms in total. The van der Waals surface area contributed by atoms with Gasteiger partial charge in [-0.2, -0.15) is 23.5 Å². The fourth-order valence-corrected chi connectivity index (χ4v) is 3.87. The number of aromatic nitrogens is 2. The first-order valence-electron chi connectivity index (χ1n) is 8.85. The van der Waals surface area contributed by atoms with Crippen LogP contribution in [0.2, 0.25) is 15.1 Å². The zero-order chi connectivity index (χ0) is 23.7. The van der Waals surface area contributed by atoms with E-state index >= 15 is 0 Å². The van der Waals surface area contributed by atoms with E-state index in [-0.39, 0.29) is 32.3 Å². The molecule has 1 aromatic heterocycles. The fourth-order valence-electron chi connectivity index (χ4n) is 3.21. The highest BCUT2D eigenvalue weighted by Gasteiger charge is 2.58. The van der Waals surface area contributed by atoms with Crippen LogP contribution in [0.1, 0.15) is 23.1 Å². The van der Waals surface area contributed by atoms with Crippen LogP contribution in [0.25, 0.3) is 11.3 Å². The Morgan fingerprint density at radius 2 is 1.78 bits per heavy atom. The van der Waals surface area contributed by atoms with Crippen LogP contribution in [0.15, 0.2) is 55.4 Å². The van der Waals surface area contributed by atoms with Gasteiger partial charge < -0.3 is 0 Å². The maximum atomic E-state index is 14.2. The Morgan fingerprint density at radius 3 is 2.28 bits per heavy atom. The molecule has 3 rings (SSSR count). The number of nitriles is 1. The average molecular weight is 502 g/mol. The van der Waals surface area contributed by atoms with Crippen LogP contribution in [0.3, 0.4) is 0 Å². The largest absolute Gasteiger partial charge is 0.424 e. The zero-order valence-electron chi connectivity index (χ0n) is 16.1. The molecule has 2 N–H and O–H groups in total. The van der Waals surface area contributed by atoms with E-state index < -0.39 is 18.2 Å². The van der Waals surface area contributed by atoms with E-state index in [9.17, 15) is 18.4 Å². The Balaban J connectivity index is 2.04. The summed E-state index contributed by atoms with van der Waals surface area (Å²) in [5.41, 5.74) is -2.50. The predicted molar refractivity (Wildman–Crippen MR) is 116 cm³/mol. The van der Waals surface area contributed by atoms with Crippen molar-refractivity contribution in [1.82, 2.24) is 9.78 Å². The normalized spacial score (nSPS) is 13.4. The molecule has 0 aliphatic rings. The summed E-state index contributed by atoms with van der Waals surface area (Å²) >= 11 is 17.7. The van der Waals surface area contributed by atoms with Gasteiger partial charge in [0, 0.05) is 22.7 Å². The fraction of sp³-hybridized carbons (Fsp3) is 0.143. The van der Waals surface area contributed by atoms with Crippen molar-refractivity contribution in [3.8, 4) is 11.8 Å². The lowest BCUT2D eigenvalue weighted by molar-refractivity contribution is -0.285. The number of halogens is 6. The molecule has 166 valence electrons. The number of hydrogen-bond acceptors (Lipinski definition) is 4. The molecular weight excluding hydrogens is 488 g/mol. The second-order valence-electron chi connectivity index (χ2n) is 6.83. The van der Waals surface area contributed by atoms with Crippen molar-refractivity contribution in [1.29, 1.82) is 5.26 Å². The maximum Gasteiger partial charge on any atom is 0.424 e. The summed E-state index contributed by atoms with van der Waals surface area (Å²) in [5, 5.41) is 13.9. The highest BCUT2D eigenvalue weighted by Crippen LogP contribution is 2.48.